The van der Waals surface area contributed by atoms with Crippen molar-refractivity contribution in [3.05, 3.63) is 57.1 Å². The molecule has 8 nitrogen and oxygen atoms in total. The van der Waals surface area contributed by atoms with Crippen LogP contribution in [0.15, 0.2) is 29.2 Å². The third kappa shape index (κ3) is 2.96. The minimum atomic E-state index is -3.28. The highest BCUT2D eigenvalue weighted by Crippen LogP contribution is 2.29. The first-order valence-corrected chi connectivity index (χ1v) is 11.4. The molecule has 0 amide bonds. The Labute approximate surface area is 168 Å². The molecule has 0 radical (unpaired) electrons. The van der Waals surface area contributed by atoms with Gasteiger partial charge in [-0.05, 0) is 29.2 Å². The zero-order valence-corrected chi connectivity index (χ0v) is 17.2. The van der Waals surface area contributed by atoms with E-state index in [1.54, 1.807) is 6.20 Å². The van der Waals surface area contributed by atoms with E-state index in [-0.39, 0.29) is 12.1 Å². The fraction of sp³-hybridized carbons (Fsp3) is 0.400. The van der Waals surface area contributed by atoms with E-state index in [0.717, 1.165) is 39.9 Å². The molecule has 1 aromatic carbocycles. The van der Waals surface area contributed by atoms with Gasteiger partial charge in [0, 0.05) is 31.1 Å². The summed E-state index contributed by atoms with van der Waals surface area (Å²) in [6.45, 7) is 1.78. The molecular weight excluding hydrogens is 392 g/mol. The molecule has 2 aliphatic heterocycles. The summed E-state index contributed by atoms with van der Waals surface area (Å²) in [7, 11) is -1.45. The van der Waals surface area contributed by atoms with Crippen molar-refractivity contribution in [2.45, 2.75) is 25.9 Å². The van der Waals surface area contributed by atoms with Crippen molar-refractivity contribution in [2.24, 2.45) is 7.05 Å². The van der Waals surface area contributed by atoms with E-state index in [9.17, 15) is 13.2 Å². The predicted octanol–water partition coefficient (Wildman–Crippen LogP) is 1.04. The summed E-state index contributed by atoms with van der Waals surface area (Å²) in [6.07, 6.45) is 4.42. The van der Waals surface area contributed by atoms with Gasteiger partial charge in [-0.25, -0.2) is 13.1 Å². The van der Waals surface area contributed by atoms with Crippen molar-refractivity contribution < 1.29 is 13.2 Å². The summed E-state index contributed by atoms with van der Waals surface area (Å²) >= 11 is 0. The van der Waals surface area contributed by atoms with Crippen LogP contribution in [0.5, 0.6) is 5.75 Å². The number of aryl methyl sites for hydroxylation is 1. The van der Waals surface area contributed by atoms with Gasteiger partial charge in [-0.1, -0.05) is 12.1 Å². The van der Waals surface area contributed by atoms with E-state index < -0.39 is 10.0 Å². The molecule has 0 unspecified atom stereocenters. The zero-order valence-electron chi connectivity index (χ0n) is 16.4. The van der Waals surface area contributed by atoms with E-state index >= 15 is 0 Å². The first-order chi connectivity index (χ1) is 13.8. The molecule has 0 saturated carbocycles. The van der Waals surface area contributed by atoms with E-state index in [2.05, 4.69) is 11.2 Å². The highest BCUT2D eigenvalue weighted by atomic mass is 32.2. The quantitative estimate of drug-likeness (QED) is 0.639. The second kappa shape index (κ2) is 6.43. The molecule has 0 aliphatic carbocycles. The number of benzene rings is 1. The van der Waals surface area contributed by atoms with Crippen molar-refractivity contribution in [2.75, 3.05) is 19.4 Å². The number of aromatic nitrogens is 3. The van der Waals surface area contributed by atoms with Gasteiger partial charge in [-0.2, -0.15) is 9.40 Å². The Hall–Kier alpha value is -2.65. The average molecular weight is 414 g/mol. The van der Waals surface area contributed by atoms with Crippen molar-refractivity contribution in [3.8, 4) is 5.75 Å². The standard InChI is InChI=1S/C20H22N4O4S/c1-22-17-12-23(29(2,26)27)7-5-15(17)16-10-21-24(20(25)19(16)22)11-13-3-4-18-14(9-13)6-8-28-18/h3-4,9-10H,5-8,11-12H2,1-2H3. The number of hydrogen-bond donors (Lipinski definition) is 0. The van der Waals surface area contributed by atoms with Crippen LogP contribution in [0.25, 0.3) is 10.9 Å². The number of sulfonamides is 1. The molecule has 0 spiro atoms. The van der Waals surface area contributed by atoms with Crippen molar-refractivity contribution >= 4 is 20.9 Å². The molecule has 2 aliphatic rings. The molecule has 3 aromatic rings. The van der Waals surface area contributed by atoms with Crippen LogP contribution in [0.4, 0.5) is 0 Å². The fourth-order valence-corrected chi connectivity index (χ4v) is 5.17. The Morgan fingerprint density at radius 1 is 1.24 bits per heavy atom. The van der Waals surface area contributed by atoms with Crippen LogP contribution in [-0.2, 0) is 43.0 Å². The summed E-state index contributed by atoms with van der Waals surface area (Å²) in [4.78, 5) is 13.2. The van der Waals surface area contributed by atoms with Gasteiger partial charge in [0.05, 0.1) is 32.1 Å². The number of nitrogens with zero attached hydrogens (tertiary/aromatic N) is 4. The molecule has 9 heteroatoms. The Bertz CT molecular complexity index is 1310. The molecule has 0 saturated heterocycles. The fourth-order valence-electron chi connectivity index (χ4n) is 4.39. The third-order valence-electron chi connectivity index (χ3n) is 5.92. The first kappa shape index (κ1) is 18.4. The van der Waals surface area contributed by atoms with Crippen molar-refractivity contribution in [1.82, 2.24) is 18.7 Å². The largest absolute Gasteiger partial charge is 0.493 e. The Kier molecular flexibility index (Phi) is 4.08. The minimum Gasteiger partial charge on any atom is -0.493 e. The maximum absolute atomic E-state index is 13.2. The van der Waals surface area contributed by atoms with Crippen LogP contribution in [0.2, 0.25) is 0 Å². The Balaban J connectivity index is 1.56. The van der Waals surface area contributed by atoms with Gasteiger partial charge in [0.15, 0.2) is 0 Å². The van der Waals surface area contributed by atoms with Crippen LogP contribution in [-0.4, -0.2) is 46.5 Å². The lowest BCUT2D eigenvalue weighted by molar-refractivity contribution is 0.357. The minimum absolute atomic E-state index is 0.165. The van der Waals surface area contributed by atoms with Crippen molar-refractivity contribution in [1.29, 1.82) is 0 Å². The monoisotopic (exact) mass is 414 g/mol. The molecule has 0 bridgehead atoms. The summed E-state index contributed by atoms with van der Waals surface area (Å²) in [6, 6.07) is 5.98. The molecule has 29 heavy (non-hydrogen) atoms. The summed E-state index contributed by atoms with van der Waals surface area (Å²) in [5.41, 5.74) is 4.46. The van der Waals surface area contributed by atoms with Gasteiger partial charge >= 0.3 is 0 Å². The second-order valence-electron chi connectivity index (χ2n) is 7.74. The van der Waals surface area contributed by atoms with Gasteiger partial charge in [0.2, 0.25) is 10.0 Å². The smallest absolute Gasteiger partial charge is 0.291 e. The van der Waals surface area contributed by atoms with Crippen LogP contribution in [0.3, 0.4) is 0 Å². The normalized spacial score (nSPS) is 16.6. The maximum atomic E-state index is 13.2. The zero-order chi connectivity index (χ0) is 20.3. The van der Waals surface area contributed by atoms with E-state index in [1.807, 2.05) is 23.7 Å². The van der Waals surface area contributed by atoms with Gasteiger partial charge in [0.1, 0.15) is 11.3 Å². The van der Waals surface area contributed by atoms with E-state index in [4.69, 9.17) is 4.74 Å². The van der Waals surface area contributed by atoms with Crippen molar-refractivity contribution in [3.63, 3.8) is 0 Å². The van der Waals surface area contributed by atoms with Gasteiger partial charge in [-0.15, -0.1) is 0 Å². The molecule has 4 heterocycles. The summed E-state index contributed by atoms with van der Waals surface area (Å²) in [5, 5.41) is 5.23. The summed E-state index contributed by atoms with van der Waals surface area (Å²) < 4.78 is 34.2. The topological polar surface area (TPSA) is 86.4 Å². The van der Waals surface area contributed by atoms with Gasteiger partial charge < -0.3 is 9.30 Å². The highest BCUT2D eigenvalue weighted by Gasteiger charge is 2.29. The van der Waals surface area contributed by atoms with Crippen LogP contribution in [0, 0.1) is 0 Å². The van der Waals surface area contributed by atoms with E-state index in [0.29, 0.717) is 31.6 Å². The molecule has 5 rings (SSSR count). The SMILES string of the molecule is Cn1c2c(c3cnn(Cc4ccc5c(c4)CCO5)c(=O)c31)CCN(S(C)(=O)=O)C2. The number of ether oxygens (including phenoxy) is 1. The van der Waals surface area contributed by atoms with Gasteiger partial charge in [-0.3, -0.25) is 4.79 Å². The van der Waals surface area contributed by atoms with Gasteiger partial charge in [0.25, 0.3) is 5.56 Å². The van der Waals surface area contributed by atoms with E-state index in [1.165, 1.54) is 15.2 Å². The average Bonchev–Trinajstić information content (AvgIpc) is 3.26. The molecule has 0 atom stereocenters. The Morgan fingerprint density at radius 2 is 2.07 bits per heavy atom. The predicted molar refractivity (Wildman–Crippen MR) is 109 cm³/mol. The lowest BCUT2D eigenvalue weighted by Crippen LogP contribution is -2.35. The number of fused-ring (bicyclic) bond motifs is 4. The van der Waals surface area contributed by atoms with Crippen LogP contribution in [0.1, 0.15) is 22.4 Å². The summed E-state index contributed by atoms with van der Waals surface area (Å²) in [5.74, 6) is 0.912. The van der Waals surface area contributed by atoms with Crippen LogP contribution >= 0.6 is 0 Å². The number of hydrogen-bond acceptors (Lipinski definition) is 5. The third-order valence-corrected chi connectivity index (χ3v) is 7.17. The Morgan fingerprint density at radius 3 is 2.86 bits per heavy atom. The first-order valence-electron chi connectivity index (χ1n) is 9.59. The molecule has 2 aromatic heterocycles. The lowest BCUT2D eigenvalue weighted by atomic mass is 10.1. The molecular formula is C20H22N4O4S. The molecule has 152 valence electrons. The number of rotatable bonds is 3. The maximum Gasteiger partial charge on any atom is 0.291 e. The highest BCUT2D eigenvalue weighted by molar-refractivity contribution is 7.88. The second-order valence-corrected chi connectivity index (χ2v) is 9.72. The lowest BCUT2D eigenvalue weighted by Gasteiger charge is -2.25. The van der Waals surface area contributed by atoms with Crippen LogP contribution < -0.4 is 10.3 Å². The molecule has 0 N–H and O–H groups in total. The molecule has 0 fully saturated rings.